The van der Waals surface area contributed by atoms with Gasteiger partial charge in [-0.2, -0.15) is 18.4 Å². The molecule has 0 aliphatic carbocycles. The van der Waals surface area contributed by atoms with Gasteiger partial charge in [0.15, 0.2) is 5.78 Å². The fraction of sp³-hybridized carbons (Fsp3) is 0.200. The maximum atomic E-state index is 12.0. The molecule has 0 aliphatic rings. The fourth-order valence-corrected chi connectivity index (χ4v) is 1.64. The summed E-state index contributed by atoms with van der Waals surface area (Å²) in [6, 6.07) is 6.81. The molecule has 1 aromatic rings. The zero-order chi connectivity index (χ0) is 12.2. The molecule has 0 unspecified atom stereocenters. The average molecular weight is 245 g/mol. The van der Waals surface area contributed by atoms with Crippen molar-refractivity contribution in [2.24, 2.45) is 0 Å². The van der Waals surface area contributed by atoms with Gasteiger partial charge in [-0.1, -0.05) is 12.1 Å². The summed E-state index contributed by atoms with van der Waals surface area (Å²) in [5.41, 5.74) is -4.26. The van der Waals surface area contributed by atoms with Gasteiger partial charge in [-0.3, -0.25) is 4.79 Å². The lowest BCUT2D eigenvalue weighted by Crippen LogP contribution is -2.01. The van der Waals surface area contributed by atoms with Crippen LogP contribution >= 0.6 is 11.8 Å². The van der Waals surface area contributed by atoms with Crippen molar-refractivity contribution >= 4 is 17.5 Å². The number of Topliss-reactive ketones (excluding diaryl/α,β-unsaturated/α-hetero) is 1. The number of alkyl halides is 3. The van der Waals surface area contributed by atoms with Gasteiger partial charge in [-0.05, 0) is 23.9 Å². The SMILES string of the molecule is N#CCC(=O)c1cccc(SC(F)(F)F)c1. The zero-order valence-electron chi connectivity index (χ0n) is 7.91. The van der Waals surface area contributed by atoms with Crippen molar-refractivity contribution in [1.29, 1.82) is 5.26 Å². The standard InChI is InChI=1S/C10H6F3NOS/c11-10(12,13)16-8-3-1-2-7(6-8)9(15)4-5-14/h1-3,6H,4H2. The molecule has 0 N–H and O–H groups in total. The molecule has 0 atom stereocenters. The lowest BCUT2D eigenvalue weighted by Gasteiger charge is -2.06. The van der Waals surface area contributed by atoms with Gasteiger partial charge in [0.1, 0.15) is 0 Å². The van der Waals surface area contributed by atoms with E-state index in [0.717, 1.165) is 6.07 Å². The van der Waals surface area contributed by atoms with Crippen LogP contribution in [0.3, 0.4) is 0 Å². The second-order valence-electron chi connectivity index (χ2n) is 2.83. The predicted octanol–water partition coefficient (Wildman–Crippen LogP) is 3.39. The predicted molar refractivity (Wildman–Crippen MR) is 52.9 cm³/mol. The van der Waals surface area contributed by atoms with Crippen molar-refractivity contribution in [3.8, 4) is 6.07 Å². The van der Waals surface area contributed by atoms with Gasteiger partial charge in [0, 0.05) is 10.5 Å². The molecule has 16 heavy (non-hydrogen) atoms. The quantitative estimate of drug-likeness (QED) is 0.605. The van der Waals surface area contributed by atoms with Crippen molar-refractivity contribution in [3.63, 3.8) is 0 Å². The van der Waals surface area contributed by atoms with E-state index in [1.165, 1.54) is 18.2 Å². The molecular weight excluding hydrogens is 239 g/mol. The highest BCUT2D eigenvalue weighted by Gasteiger charge is 2.29. The molecule has 0 heterocycles. The number of thioether (sulfide) groups is 1. The number of nitriles is 1. The Labute approximate surface area is 94.1 Å². The summed E-state index contributed by atoms with van der Waals surface area (Å²) in [6.07, 6.45) is -0.333. The first kappa shape index (κ1) is 12.6. The van der Waals surface area contributed by atoms with Crippen LogP contribution in [0.2, 0.25) is 0 Å². The zero-order valence-corrected chi connectivity index (χ0v) is 8.73. The Morgan fingerprint density at radius 3 is 2.69 bits per heavy atom. The number of carbonyl (C=O) groups excluding carboxylic acids is 1. The Balaban J connectivity index is 2.88. The van der Waals surface area contributed by atoms with E-state index in [2.05, 4.69) is 0 Å². The highest BCUT2D eigenvalue weighted by molar-refractivity contribution is 8.00. The van der Waals surface area contributed by atoms with Gasteiger partial charge in [0.05, 0.1) is 12.5 Å². The number of benzene rings is 1. The van der Waals surface area contributed by atoms with Crippen molar-refractivity contribution in [3.05, 3.63) is 29.8 Å². The fourth-order valence-electron chi connectivity index (χ4n) is 1.04. The highest BCUT2D eigenvalue weighted by Crippen LogP contribution is 2.36. The summed E-state index contributed by atoms with van der Waals surface area (Å²) < 4.78 is 36.1. The number of hydrogen-bond acceptors (Lipinski definition) is 3. The van der Waals surface area contributed by atoms with Gasteiger partial charge in [-0.15, -0.1) is 0 Å². The third-order valence-corrected chi connectivity index (χ3v) is 2.35. The Hall–Kier alpha value is -1.48. The molecule has 0 saturated carbocycles. The van der Waals surface area contributed by atoms with E-state index >= 15 is 0 Å². The number of ketones is 1. The van der Waals surface area contributed by atoms with Crippen LogP contribution in [-0.4, -0.2) is 11.3 Å². The van der Waals surface area contributed by atoms with E-state index in [1.54, 1.807) is 6.07 Å². The van der Waals surface area contributed by atoms with Crippen LogP contribution in [0.4, 0.5) is 13.2 Å². The number of nitrogens with zero attached hydrogens (tertiary/aromatic N) is 1. The summed E-state index contributed by atoms with van der Waals surface area (Å²) in [6.45, 7) is 0. The Morgan fingerprint density at radius 1 is 1.44 bits per heavy atom. The molecule has 0 amide bonds. The lowest BCUT2D eigenvalue weighted by atomic mass is 10.1. The van der Waals surface area contributed by atoms with E-state index in [9.17, 15) is 18.0 Å². The second-order valence-corrected chi connectivity index (χ2v) is 3.97. The molecule has 84 valence electrons. The van der Waals surface area contributed by atoms with E-state index < -0.39 is 11.3 Å². The maximum absolute atomic E-state index is 12.0. The number of hydrogen-bond donors (Lipinski definition) is 0. The molecule has 0 aliphatic heterocycles. The molecule has 1 rings (SSSR count). The second kappa shape index (κ2) is 5.03. The smallest absolute Gasteiger partial charge is 0.293 e. The largest absolute Gasteiger partial charge is 0.446 e. The molecule has 0 aromatic heterocycles. The van der Waals surface area contributed by atoms with Crippen LogP contribution in [0.1, 0.15) is 16.8 Å². The molecule has 1 aromatic carbocycles. The van der Waals surface area contributed by atoms with Crippen molar-refractivity contribution in [2.45, 2.75) is 16.8 Å². The maximum Gasteiger partial charge on any atom is 0.446 e. The van der Waals surface area contributed by atoms with Crippen LogP contribution in [-0.2, 0) is 0 Å². The first-order valence-corrected chi connectivity index (χ1v) is 5.00. The van der Waals surface area contributed by atoms with Crippen molar-refractivity contribution in [1.82, 2.24) is 0 Å². The molecule has 6 heteroatoms. The topological polar surface area (TPSA) is 40.9 Å². The van der Waals surface area contributed by atoms with Crippen LogP contribution in [0.5, 0.6) is 0 Å². The molecule has 2 nitrogen and oxygen atoms in total. The molecule has 0 radical (unpaired) electrons. The van der Waals surface area contributed by atoms with Crippen LogP contribution < -0.4 is 0 Å². The molecule has 0 saturated heterocycles. The van der Waals surface area contributed by atoms with E-state index in [-0.39, 0.29) is 28.6 Å². The molecule has 0 bridgehead atoms. The third kappa shape index (κ3) is 3.95. The van der Waals surface area contributed by atoms with E-state index in [1.807, 2.05) is 0 Å². The normalized spacial score (nSPS) is 10.9. The van der Waals surface area contributed by atoms with E-state index in [4.69, 9.17) is 5.26 Å². The van der Waals surface area contributed by atoms with E-state index in [0.29, 0.717) is 0 Å². The molecule has 0 spiro atoms. The summed E-state index contributed by atoms with van der Waals surface area (Å²) in [7, 11) is 0. The van der Waals surface area contributed by atoms with Gasteiger partial charge in [0.2, 0.25) is 0 Å². The number of halogens is 3. The minimum atomic E-state index is -4.38. The minimum absolute atomic E-state index is 0.0590. The number of rotatable bonds is 3. The summed E-state index contributed by atoms with van der Waals surface area (Å²) in [5.74, 6) is -0.480. The van der Waals surface area contributed by atoms with Gasteiger partial charge in [0.25, 0.3) is 0 Å². The minimum Gasteiger partial charge on any atom is -0.293 e. The first-order valence-electron chi connectivity index (χ1n) is 4.18. The van der Waals surface area contributed by atoms with Gasteiger partial charge in [-0.25, -0.2) is 0 Å². The Kier molecular flexibility index (Phi) is 3.96. The highest BCUT2D eigenvalue weighted by atomic mass is 32.2. The van der Waals surface area contributed by atoms with Crippen molar-refractivity contribution < 1.29 is 18.0 Å². The lowest BCUT2D eigenvalue weighted by molar-refractivity contribution is -0.0328. The van der Waals surface area contributed by atoms with Crippen LogP contribution in [0, 0.1) is 11.3 Å². The Morgan fingerprint density at radius 2 is 2.12 bits per heavy atom. The molecular formula is C10H6F3NOS. The molecule has 0 fully saturated rings. The van der Waals surface area contributed by atoms with Gasteiger partial charge >= 0.3 is 5.51 Å². The average Bonchev–Trinajstić information content (AvgIpc) is 2.16. The number of carbonyl (C=O) groups is 1. The van der Waals surface area contributed by atoms with Crippen molar-refractivity contribution in [2.75, 3.05) is 0 Å². The first-order chi connectivity index (χ1) is 7.42. The summed E-state index contributed by atoms with van der Waals surface area (Å²) >= 11 is -0.285. The summed E-state index contributed by atoms with van der Waals surface area (Å²) in [4.78, 5) is 11.2. The van der Waals surface area contributed by atoms with Crippen LogP contribution in [0.25, 0.3) is 0 Å². The Bertz CT molecular complexity index is 436. The van der Waals surface area contributed by atoms with Crippen LogP contribution in [0.15, 0.2) is 29.2 Å². The monoisotopic (exact) mass is 245 g/mol. The summed E-state index contributed by atoms with van der Waals surface area (Å²) in [5, 5.41) is 8.30. The third-order valence-electron chi connectivity index (χ3n) is 1.63. The van der Waals surface area contributed by atoms with Gasteiger partial charge < -0.3 is 0 Å².